The summed E-state index contributed by atoms with van der Waals surface area (Å²) in [6.07, 6.45) is 2.81. The van der Waals surface area contributed by atoms with Crippen LogP contribution in [0.25, 0.3) is 0 Å². The summed E-state index contributed by atoms with van der Waals surface area (Å²) in [6.45, 7) is 8.84. The van der Waals surface area contributed by atoms with Crippen molar-refractivity contribution in [1.29, 1.82) is 0 Å². The van der Waals surface area contributed by atoms with Gasteiger partial charge in [0.15, 0.2) is 0 Å². The molecule has 0 amide bonds. The van der Waals surface area contributed by atoms with E-state index in [1.807, 2.05) is 13.8 Å². The van der Waals surface area contributed by atoms with Gasteiger partial charge in [0.25, 0.3) is 5.56 Å². The van der Waals surface area contributed by atoms with Crippen LogP contribution in [0.15, 0.2) is 9.59 Å². The van der Waals surface area contributed by atoms with Crippen molar-refractivity contribution in [2.75, 3.05) is 11.1 Å². The quantitative estimate of drug-likeness (QED) is 0.803. The number of aromatic nitrogens is 2. The zero-order valence-corrected chi connectivity index (χ0v) is 13.8. The van der Waals surface area contributed by atoms with Crippen LogP contribution in [0.5, 0.6) is 0 Å². The first-order chi connectivity index (χ1) is 9.79. The maximum atomic E-state index is 12.2. The van der Waals surface area contributed by atoms with E-state index in [0.717, 1.165) is 23.8 Å². The van der Waals surface area contributed by atoms with Crippen molar-refractivity contribution in [3.8, 4) is 0 Å². The number of hydrogen-bond acceptors (Lipinski definition) is 4. The van der Waals surface area contributed by atoms with Gasteiger partial charge < -0.3 is 11.1 Å². The summed E-state index contributed by atoms with van der Waals surface area (Å²) < 4.78 is 2.57. The second kappa shape index (κ2) is 7.33. The zero-order chi connectivity index (χ0) is 16.2. The largest absolute Gasteiger partial charge is 0.383 e. The van der Waals surface area contributed by atoms with Crippen LogP contribution < -0.4 is 22.3 Å². The standard InChI is InChI=1S/C15H28N4O2/c1-6-9-19-13(16)12(14(20)18(5)15(19)21)17-11(4)8-7-10(2)3/h10-11,17H,6-9,16H2,1-5H3. The topological polar surface area (TPSA) is 82.0 Å². The summed E-state index contributed by atoms with van der Waals surface area (Å²) in [4.78, 5) is 24.3. The van der Waals surface area contributed by atoms with Crippen molar-refractivity contribution in [2.24, 2.45) is 13.0 Å². The van der Waals surface area contributed by atoms with Gasteiger partial charge in [-0.25, -0.2) is 4.79 Å². The van der Waals surface area contributed by atoms with Crippen molar-refractivity contribution in [3.05, 3.63) is 20.8 Å². The monoisotopic (exact) mass is 296 g/mol. The van der Waals surface area contributed by atoms with E-state index < -0.39 is 0 Å². The lowest BCUT2D eigenvalue weighted by molar-refractivity contribution is 0.526. The number of anilines is 2. The van der Waals surface area contributed by atoms with E-state index in [2.05, 4.69) is 19.2 Å². The van der Waals surface area contributed by atoms with Crippen LogP contribution in [0.1, 0.15) is 47.0 Å². The third kappa shape index (κ3) is 4.12. The molecule has 0 aromatic carbocycles. The molecule has 21 heavy (non-hydrogen) atoms. The van der Waals surface area contributed by atoms with Gasteiger partial charge in [0, 0.05) is 19.6 Å². The Morgan fingerprint density at radius 3 is 2.33 bits per heavy atom. The Morgan fingerprint density at radius 2 is 1.81 bits per heavy atom. The summed E-state index contributed by atoms with van der Waals surface area (Å²) in [7, 11) is 1.49. The van der Waals surface area contributed by atoms with E-state index in [1.165, 1.54) is 11.6 Å². The Balaban J connectivity index is 3.12. The average molecular weight is 296 g/mol. The fourth-order valence-electron chi connectivity index (χ4n) is 2.26. The van der Waals surface area contributed by atoms with Gasteiger partial charge >= 0.3 is 5.69 Å². The molecule has 0 bridgehead atoms. The fraction of sp³-hybridized carbons (Fsp3) is 0.733. The van der Waals surface area contributed by atoms with Gasteiger partial charge in [-0.15, -0.1) is 0 Å². The Bertz CT molecular complexity index is 587. The maximum absolute atomic E-state index is 12.2. The molecule has 6 nitrogen and oxygen atoms in total. The normalized spacial score (nSPS) is 12.7. The van der Waals surface area contributed by atoms with E-state index >= 15 is 0 Å². The molecule has 1 atom stereocenters. The van der Waals surface area contributed by atoms with Gasteiger partial charge in [0.2, 0.25) is 0 Å². The molecule has 1 aromatic rings. The minimum atomic E-state index is -0.361. The zero-order valence-electron chi connectivity index (χ0n) is 13.8. The van der Waals surface area contributed by atoms with Gasteiger partial charge in [-0.2, -0.15) is 0 Å². The predicted molar refractivity (Wildman–Crippen MR) is 87.8 cm³/mol. The molecule has 1 heterocycles. The first-order valence-electron chi connectivity index (χ1n) is 7.65. The average Bonchev–Trinajstić information content (AvgIpc) is 2.44. The van der Waals surface area contributed by atoms with Crippen molar-refractivity contribution in [1.82, 2.24) is 9.13 Å². The number of rotatable bonds is 7. The molecule has 1 rings (SSSR count). The van der Waals surface area contributed by atoms with Gasteiger partial charge in [-0.3, -0.25) is 13.9 Å². The minimum Gasteiger partial charge on any atom is -0.383 e. The predicted octanol–water partition coefficient (Wildman–Crippen LogP) is 1.78. The van der Waals surface area contributed by atoms with E-state index in [0.29, 0.717) is 18.2 Å². The minimum absolute atomic E-state index is 0.134. The number of hydrogen-bond donors (Lipinski definition) is 2. The third-order valence-corrected chi connectivity index (χ3v) is 3.60. The van der Waals surface area contributed by atoms with Gasteiger partial charge in [-0.05, 0) is 32.1 Å². The molecular formula is C15H28N4O2. The molecule has 1 unspecified atom stereocenters. The van der Waals surface area contributed by atoms with Crippen LogP contribution in [0.2, 0.25) is 0 Å². The second-order valence-corrected chi connectivity index (χ2v) is 6.08. The molecular weight excluding hydrogens is 268 g/mol. The molecule has 0 fully saturated rings. The lowest BCUT2D eigenvalue weighted by Gasteiger charge is -2.20. The smallest absolute Gasteiger partial charge is 0.332 e. The second-order valence-electron chi connectivity index (χ2n) is 6.08. The SMILES string of the molecule is CCCn1c(N)c(NC(C)CCC(C)C)c(=O)n(C)c1=O. The van der Waals surface area contributed by atoms with Crippen molar-refractivity contribution in [2.45, 2.75) is 59.5 Å². The summed E-state index contributed by atoms with van der Waals surface area (Å²) in [5, 5.41) is 3.18. The van der Waals surface area contributed by atoms with E-state index in [1.54, 1.807) is 0 Å². The van der Waals surface area contributed by atoms with Gasteiger partial charge in [0.05, 0.1) is 0 Å². The van der Waals surface area contributed by atoms with Crippen molar-refractivity contribution >= 4 is 11.5 Å². The molecule has 1 aromatic heterocycles. The van der Waals surface area contributed by atoms with Gasteiger partial charge in [-0.1, -0.05) is 20.8 Å². The van der Waals surface area contributed by atoms with Gasteiger partial charge in [0.1, 0.15) is 11.5 Å². The van der Waals surface area contributed by atoms with Crippen molar-refractivity contribution in [3.63, 3.8) is 0 Å². The lowest BCUT2D eigenvalue weighted by Crippen LogP contribution is -2.41. The molecule has 0 saturated carbocycles. The molecule has 6 heteroatoms. The van der Waals surface area contributed by atoms with Crippen LogP contribution >= 0.6 is 0 Å². The Kier molecular flexibility index (Phi) is 6.05. The Labute approximate surface area is 126 Å². The summed E-state index contributed by atoms with van der Waals surface area (Å²) in [5.74, 6) is 0.852. The van der Waals surface area contributed by atoms with Crippen LogP contribution in [-0.4, -0.2) is 15.2 Å². The first-order valence-corrected chi connectivity index (χ1v) is 7.65. The van der Waals surface area contributed by atoms with E-state index in [-0.39, 0.29) is 23.1 Å². The molecule has 0 aliphatic rings. The van der Waals surface area contributed by atoms with E-state index in [9.17, 15) is 9.59 Å². The highest BCUT2D eigenvalue weighted by Gasteiger charge is 2.16. The molecule has 3 N–H and O–H groups in total. The highest BCUT2D eigenvalue weighted by molar-refractivity contribution is 5.61. The number of nitrogens with two attached hydrogens (primary N) is 1. The summed E-state index contributed by atoms with van der Waals surface area (Å²) >= 11 is 0. The number of nitrogen functional groups attached to an aromatic ring is 1. The molecule has 0 aliphatic carbocycles. The van der Waals surface area contributed by atoms with Crippen LogP contribution in [0.4, 0.5) is 11.5 Å². The molecule has 0 radical (unpaired) electrons. The van der Waals surface area contributed by atoms with Crippen LogP contribution in [0, 0.1) is 5.92 Å². The summed E-state index contributed by atoms with van der Waals surface area (Å²) in [6, 6.07) is 0.134. The number of nitrogens with zero attached hydrogens (tertiary/aromatic N) is 2. The Morgan fingerprint density at radius 1 is 1.19 bits per heavy atom. The first kappa shape index (κ1) is 17.3. The van der Waals surface area contributed by atoms with E-state index in [4.69, 9.17) is 5.73 Å². The molecule has 0 aliphatic heterocycles. The molecule has 0 spiro atoms. The fourth-order valence-corrected chi connectivity index (χ4v) is 2.26. The third-order valence-electron chi connectivity index (χ3n) is 3.60. The van der Waals surface area contributed by atoms with Crippen LogP contribution in [0.3, 0.4) is 0 Å². The lowest BCUT2D eigenvalue weighted by atomic mass is 10.0. The molecule has 0 saturated heterocycles. The highest BCUT2D eigenvalue weighted by atomic mass is 16.2. The van der Waals surface area contributed by atoms with Crippen molar-refractivity contribution < 1.29 is 0 Å². The molecule has 120 valence electrons. The Hall–Kier alpha value is -1.72. The maximum Gasteiger partial charge on any atom is 0.332 e. The van der Waals surface area contributed by atoms with Crippen LogP contribution in [-0.2, 0) is 13.6 Å². The highest BCUT2D eigenvalue weighted by Crippen LogP contribution is 2.15. The summed E-state index contributed by atoms with van der Waals surface area (Å²) in [5.41, 5.74) is 5.65. The number of nitrogens with one attached hydrogen (secondary N) is 1.